The topological polar surface area (TPSA) is 137 Å². The fourth-order valence-corrected chi connectivity index (χ4v) is 5.40. The largest absolute Gasteiger partial charge is 0.398 e. The van der Waals surface area contributed by atoms with Gasteiger partial charge in [-0.2, -0.15) is 5.10 Å². The van der Waals surface area contributed by atoms with Crippen LogP contribution in [0.3, 0.4) is 0 Å². The fourth-order valence-electron chi connectivity index (χ4n) is 5.40. The molecule has 3 aromatic rings. The average molecular weight is 595 g/mol. The molecule has 5 rings (SSSR count). The molecule has 2 atom stereocenters. The molecule has 2 aliphatic rings. The van der Waals surface area contributed by atoms with E-state index in [2.05, 4.69) is 15.1 Å². The molecular formula is C30H30F4N8O. The molecule has 13 heteroatoms. The summed E-state index contributed by atoms with van der Waals surface area (Å²) >= 11 is 0. The van der Waals surface area contributed by atoms with Gasteiger partial charge >= 0.3 is 0 Å². The zero-order chi connectivity index (χ0) is 30.7. The number of pyridine rings is 1. The van der Waals surface area contributed by atoms with Gasteiger partial charge in [0.1, 0.15) is 11.6 Å². The third-order valence-corrected chi connectivity index (χ3v) is 7.74. The van der Waals surface area contributed by atoms with E-state index in [9.17, 15) is 22.4 Å². The lowest BCUT2D eigenvalue weighted by Crippen LogP contribution is -2.63. The van der Waals surface area contributed by atoms with Gasteiger partial charge in [-0.25, -0.2) is 17.6 Å². The smallest absolute Gasteiger partial charge is 0.282 e. The summed E-state index contributed by atoms with van der Waals surface area (Å²) in [6.07, 6.45) is 5.28. The Morgan fingerprint density at radius 1 is 1.09 bits per heavy atom. The van der Waals surface area contributed by atoms with Crippen LogP contribution >= 0.6 is 0 Å². The third-order valence-electron chi connectivity index (χ3n) is 7.74. The maximum atomic E-state index is 14.6. The first-order valence-electron chi connectivity index (χ1n) is 13.6. The lowest BCUT2D eigenvalue weighted by molar-refractivity contribution is -0.172. The van der Waals surface area contributed by atoms with Crippen molar-refractivity contribution >= 4 is 34.9 Å². The minimum absolute atomic E-state index is 0.135. The summed E-state index contributed by atoms with van der Waals surface area (Å²) in [6, 6.07) is 11.0. The number of anilines is 1. The van der Waals surface area contributed by atoms with E-state index in [0.717, 1.165) is 17.0 Å². The standard InChI is InChI=1S/C30H30F4N8O/c31-23-2-1-3-24(32)22(23)15-41-14-19(4-7-27(41)29(43)42-16-30(33,34)17-42)26(40-37)13-39-20-5-6-25(35)21(12-20)28(36)18-8-10-38-11-9-18/h1-3,5-6,8-13,19,27,36H,4,7,14-17,35,37H2/t19?,27-/m0/s1. The Labute approximate surface area is 245 Å². The van der Waals surface area contributed by atoms with E-state index in [1.807, 2.05) is 0 Å². The number of rotatable bonds is 8. The predicted molar refractivity (Wildman–Crippen MR) is 156 cm³/mol. The van der Waals surface area contributed by atoms with Gasteiger partial charge < -0.3 is 16.5 Å². The number of aliphatic imine (C=N–C) groups is 1. The van der Waals surface area contributed by atoms with Gasteiger partial charge in [0, 0.05) is 53.8 Å². The summed E-state index contributed by atoms with van der Waals surface area (Å²) in [6.45, 7) is -1.48. The van der Waals surface area contributed by atoms with Crippen LogP contribution in [0.4, 0.5) is 28.9 Å². The number of hydrogen-bond acceptors (Lipinski definition) is 8. The number of piperidine rings is 1. The molecule has 0 bridgehead atoms. The highest BCUT2D eigenvalue weighted by molar-refractivity contribution is 6.32. The number of benzene rings is 2. The van der Waals surface area contributed by atoms with E-state index >= 15 is 0 Å². The van der Waals surface area contributed by atoms with E-state index in [4.69, 9.17) is 17.0 Å². The average Bonchev–Trinajstić information content (AvgIpc) is 2.98. The molecule has 1 aromatic heterocycles. The van der Waals surface area contributed by atoms with E-state index in [1.54, 1.807) is 47.6 Å². The van der Waals surface area contributed by atoms with Crippen LogP contribution in [0.1, 0.15) is 29.5 Å². The van der Waals surface area contributed by atoms with Gasteiger partial charge in [0.05, 0.1) is 42.5 Å². The highest BCUT2D eigenvalue weighted by Gasteiger charge is 2.49. The summed E-state index contributed by atoms with van der Waals surface area (Å²) in [5, 5.41) is 12.5. The van der Waals surface area contributed by atoms with Gasteiger partial charge in [0.25, 0.3) is 5.92 Å². The van der Waals surface area contributed by atoms with Crippen molar-refractivity contribution in [2.24, 2.45) is 21.9 Å². The number of hydrogen-bond donors (Lipinski definition) is 3. The van der Waals surface area contributed by atoms with E-state index < -0.39 is 42.6 Å². The zero-order valence-corrected chi connectivity index (χ0v) is 23.1. The second-order valence-corrected chi connectivity index (χ2v) is 10.7. The predicted octanol–water partition coefficient (Wildman–Crippen LogP) is 4.13. The summed E-state index contributed by atoms with van der Waals surface area (Å²) in [4.78, 5) is 24.3. The molecule has 0 aliphatic carbocycles. The molecular weight excluding hydrogens is 564 g/mol. The number of aromatic nitrogens is 1. The second kappa shape index (κ2) is 12.3. The van der Waals surface area contributed by atoms with E-state index in [1.165, 1.54) is 12.3 Å². The SMILES string of the molecule is N=C(c1ccncc1)c1cc(N=CC(=NN)C2CC[C@@H](C(=O)N3CC(F)(F)C3)N(Cc3c(F)cccc3F)C2)ccc1N. The molecule has 3 heterocycles. The number of halogens is 4. The first kappa shape index (κ1) is 29.8. The molecule has 224 valence electrons. The van der Waals surface area contributed by atoms with Gasteiger partial charge in [-0.05, 0) is 55.3 Å². The Morgan fingerprint density at radius 2 is 1.79 bits per heavy atom. The van der Waals surface area contributed by atoms with Crippen molar-refractivity contribution in [1.82, 2.24) is 14.8 Å². The zero-order valence-electron chi connectivity index (χ0n) is 23.1. The van der Waals surface area contributed by atoms with Crippen molar-refractivity contribution in [3.63, 3.8) is 0 Å². The van der Waals surface area contributed by atoms with Crippen LogP contribution in [0.2, 0.25) is 0 Å². The van der Waals surface area contributed by atoms with Crippen LogP contribution in [0, 0.1) is 23.0 Å². The molecule has 2 saturated heterocycles. The van der Waals surface area contributed by atoms with Crippen LogP contribution in [0.5, 0.6) is 0 Å². The van der Waals surface area contributed by atoms with Gasteiger partial charge in [-0.1, -0.05) is 6.07 Å². The van der Waals surface area contributed by atoms with Crippen molar-refractivity contribution < 1.29 is 22.4 Å². The van der Waals surface area contributed by atoms with Crippen LogP contribution in [0.25, 0.3) is 0 Å². The fraction of sp³-hybridized carbons (Fsp3) is 0.300. The quantitative estimate of drug-likeness (QED) is 0.118. The molecule has 2 aromatic carbocycles. The highest BCUT2D eigenvalue weighted by atomic mass is 19.3. The molecule has 5 N–H and O–H groups in total. The summed E-state index contributed by atoms with van der Waals surface area (Å²) in [5.41, 5.74) is 8.47. The minimum Gasteiger partial charge on any atom is -0.398 e. The monoisotopic (exact) mass is 594 g/mol. The maximum absolute atomic E-state index is 14.6. The first-order chi connectivity index (χ1) is 20.6. The van der Waals surface area contributed by atoms with Crippen molar-refractivity contribution in [3.8, 4) is 0 Å². The molecule has 9 nitrogen and oxygen atoms in total. The molecule has 0 saturated carbocycles. The first-order valence-corrected chi connectivity index (χ1v) is 13.6. The van der Waals surface area contributed by atoms with Gasteiger partial charge in [0.2, 0.25) is 5.91 Å². The number of amides is 1. The molecule has 2 aliphatic heterocycles. The van der Waals surface area contributed by atoms with Gasteiger partial charge in [0.15, 0.2) is 0 Å². The normalized spacial score (nSPS) is 20.7. The minimum atomic E-state index is -2.94. The van der Waals surface area contributed by atoms with Crippen LogP contribution in [-0.4, -0.2) is 69.9 Å². The van der Waals surface area contributed by atoms with Crippen molar-refractivity contribution in [3.05, 3.63) is 89.2 Å². The van der Waals surface area contributed by atoms with Crippen LogP contribution in [0.15, 0.2) is 71.0 Å². The lowest BCUT2D eigenvalue weighted by Gasteiger charge is -2.45. The van der Waals surface area contributed by atoms with E-state index in [-0.39, 0.29) is 36.7 Å². The summed E-state index contributed by atoms with van der Waals surface area (Å²) in [5.74, 6) is 0.383. The van der Waals surface area contributed by atoms with Crippen LogP contribution in [-0.2, 0) is 11.3 Å². The molecule has 43 heavy (non-hydrogen) atoms. The van der Waals surface area contributed by atoms with E-state index in [0.29, 0.717) is 34.6 Å². The number of hydrazone groups is 1. The maximum Gasteiger partial charge on any atom is 0.282 e. The summed E-state index contributed by atoms with van der Waals surface area (Å²) in [7, 11) is 0. The van der Waals surface area contributed by atoms with Crippen molar-refractivity contribution in [2.45, 2.75) is 31.4 Å². The third kappa shape index (κ3) is 6.56. The molecule has 0 radical (unpaired) electrons. The lowest BCUT2D eigenvalue weighted by atomic mass is 9.87. The van der Waals surface area contributed by atoms with Crippen molar-refractivity contribution in [1.29, 1.82) is 5.41 Å². The highest BCUT2D eigenvalue weighted by Crippen LogP contribution is 2.32. The Bertz CT molecular complexity index is 1550. The van der Waals surface area contributed by atoms with Crippen molar-refractivity contribution in [2.75, 3.05) is 25.4 Å². The molecule has 1 unspecified atom stereocenters. The number of nitrogens with one attached hydrogen (secondary N) is 1. The number of carbonyl (C=O) groups excluding carboxylic acids is 1. The number of nitrogens with zero attached hydrogens (tertiary/aromatic N) is 5. The number of carbonyl (C=O) groups is 1. The van der Waals surface area contributed by atoms with Gasteiger partial charge in [-0.15, -0.1) is 0 Å². The Balaban J connectivity index is 1.36. The number of nitrogen functional groups attached to an aromatic ring is 1. The second-order valence-electron chi connectivity index (χ2n) is 10.7. The molecule has 2 fully saturated rings. The summed E-state index contributed by atoms with van der Waals surface area (Å²) < 4.78 is 56.2. The van der Waals surface area contributed by atoms with Gasteiger partial charge in [-0.3, -0.25) is 25.1 Å². The number of alkyl halides is 2. The van der Waals surface area contributed by atoms with Crippen LogP contribution < -0.4 is 11.6 Å². The Hall–Kier alpha value is -4.65. The number of likely N-dealkylation sites (tertiary alicyclic amines) is 2. The molecule has 1 amide bonds. The molecule has 0 spiro atoms. The Kier molecular flexibility index (Phi) is 8.53. The number of nitrogens with two attached hydrogens (primary N) is 2. The Morgan fingerprint density at radius 3 is 2.44 bits per heavy atom.